The number of ether oxygens (including phenoxy) is 1. The van der Waals surface area contributed by atoms with E-state index in [1.807, 2.05) is 19.1 Å². The third kappa shape index (κ3) is 5.96. The molecular formula is C25H26ClFO. The standard InChI is InChI=1S/C25H26ClFO/c1-2-3-4-17-28-24-15-12-21(13-16-24)20-8-5-19(6-9-20)7-10-22-11-14-23(26)18-25(22)27/h2-3,5-6,8-9,11,14,18,21,24H,4,12-13,15-17H2,1H3. The summed E-state index contributed by atoms with van der Waals surface area (Å²) in [5.41, 5.74) is 2.61. The van der Waals surface area contributed by atoms with Gasteiger partial charge in [0.05, 0.1) is 18.3 Å². The van der Waals surface area contributed by atoms with Gasteiger partial charge in [-0.3, -0.25) is 0 Å². The van der Waals surface area contributed by atoms with Crippen molar-refractivity contribution >= 4 is 11.6 Å². The van der Waals surface area contributed by atoms with Gasteiger partial charge in [0.25, 0.3) is 0 Å². The number of benzene rings is 2. The predicted molar refractivity (Wildman–Crippen MR) is 114 cm³/mol. The molecule has 0 spiro atoms. The molecule has 0 unspecified atom stereocenters. The molecule has 0 radical (unpaired) electrons. The molecule has 0 atom stereocenters. The summed E-state index contributed by atoms with van der Waals surface area (Å²) < 4.78 is 19.8. The highest BCUT2D eigenvalue weighted by atomic mass is 35.5. The molecule has 28 heavy (non-hydrogen) atoms. The first kappa shape index (κ1) is 20.6. The summed E-state index contributed by atoms with van der Waals surface area (Å²) in [4.78, 5) is 0. The minimum atomic E-state index is -0.388. The Kier molecular flexibility index (Phi) is 7.71. The number of rotatable bonds is 5. The Morgan fingerprint density at radius 2 is 1.82 bits per heavy atom. The molecule has 0 saturated heterocycles. The van der Waals surface area contributed by atoms with Crippen molar-refractivity contribution in [3.63, 3.8) is 0 Å². The van der Waals surface area contributed by atoms with Crippen molar-refractivity contribution in [1.82, 2.24) is 0 Å². The molecule has 0 aromatic heterocycles. The summed E-state index contributed by atoms with van der Waals surface area (Å²) in [6.45, 7) is 2.86. The second-order valence-electron chi connectivity index (χ2n) is 7.20. The van der Waals surface area contributed by atoms with Crippen LogP contribution in [-0.2, 0) is 4.74 Å². The molecule has 2 aromatic carbocycles. The van der Waals surface area contributed by atoms with Crippen molar-refractivity contribution in [3.8, 4) is 11.8 Å². The third-order valence-electron chi connectivity index (χ3n) is 5.20. The largest absolute Gasteiger partial charge is 0.378 e. The highest BCUT2D eigenvalue weighted by molar-refractivity contribution is 6.30. The maximum Gasteiger partial charge on any atom is 0.140 e. The van der Waals surface area contributed by atoms with Gasteiger partial charge in [-0.05, 0) is 80.8 Å². The molecule has 0 N–H and O–H groups in total. The van der Waals surface area contributed by atoms with E-state index in [1.165, 1.54) is 11.6 Å². The zero-order valence-electron chi connectivity index (χ0n) is 16.3. The van der Waals surface area contributed by atoms with Crippen LogP contribution in [0.4, 0.5) is 4.39 Å². The van der Waals surface area contributed by atoms with Crippen molar-refractivity contribution in [2.45, 2.75) is 51.0 Å². The zero-order chi connectivity index (χ0) is 19.8. The van der Waals surface area contributed by atoms with Gasteiger partial charge in [0, 0.05) is 10.6 Å². The molecule has 0 heterocycles. The molecule has 0 aliphatic heterocycles. The monoisotopic (exact) mass is 396 g/mol. The number of hydrogen-bond donors (Lipinski definition) is 0. The Bertz CT molecular complexity index is 852. The van der Waals surface area contributed by atoms with Gasteiger partial charge in [0.2, 0.25) is 0 Å². The average molecular weight is 397 g/mol. The van der Waals surface area contributed by atoms with Crippen LogP contribution in [0.2, 0.25) is 5.02 Å². The minimum Gasteiger partial charge on any atom is -0.378 e. The van der Waals surface area contributed by atoms with E-state index in [9.17, 15) is 4.39 Å². The van der Waals surface area contributed by atoms with E-state index >= 15 is 0 Å². The van der Waals surface area contributed by atoms with Crippen LogP contribution in [0.15, 0.2) is 54.6 Å². The van der Waals surface area contributed by atoms with E-state index in [4.69, 9.17) is 16.3 Å². The number of halogens is 2. The first-order valence-electron chi connectivity index (χ1n) is 9.95. The highest BCUT2D eigenvalue weighted by Crippen LogP contribution is 2.34. The van der Waals surface area contributed by atoms with E-state index in [2.05, 4.69) is 36.1 Å². The van der Waals surface area contributed by atoms with Crippen molar-refractivity contribution in [2.75, 3.05) is 6.61 Å². The van der Waals surface area contributed by atoms with E-state index in [-0.39, 0.29) is 5.82 Å². The van der Waals surface area contributed by atoms with Crippen LogP contribution in [0.5, 0.6) is 0 Å². The fourth-order valence-corrected chi connectivity index (χ4v) is 3.76. The van der Waals surface area contributed by atoms with Crippen LogP contribution in [0.25, 0.3) is 0 Å². The Morgan fingerprint density at radius 1 is 1.07 bits per heavy atom. The number of allylic oxidation sites excluding steroid dienone is 1. The molecule has 1 nitrogen and oxygen atoms in total. The van der Waals surface area contributed by atoms with Crippen molar-refractivity contribution in [2.24, 2.45) is 0 Å². The molecule has 3 rings (SSSR count). The zero-order valence-corrected chi connectivity index (χ0v) is 17.0. The van der Waals surface area contributed by atoms with E-state index in [0.29, 0.717) is 22.6 Å². The first-order valence-corrected chi connectivity index (χ1v) is 10.3. The SMILES string of the molecule is CC=CCCOC1CCC(c2ccc(C#Cc3ccc(Cl)cc3F)cc2)CC1. The van der Waals surface area contributed by atoms with Crippen LogP contribution in [0.3, 0.4) is 0 Å². The summed E-state index contributed by atoms with van der Waals surface area (Å²) >= 11 is 5.77. The lowest BCUT2D eigenvalue weighted by atomic mass is 9.82. The third-order valence-corrected chi connectivity index (χ3v) is 5.44. The van der Waals surface area contributed by atoms with Gasteiger partial charge in [-0.25, -0.2) is 4.39 Å². The topological polar surface area (TPSA) is 9.23 Å². The second kappa shape index (κ2) is 10.5. The lowest BCUT2D eigenvalue weighted by Gasteiger charge is -2.28. The number of hydrogen-bond acceptors (Lipinski definition) is 1. The fraction of sp³-hybridized carbons (Fsp3) is 0.360. The molecule has 2 aromatic rings. The van der Waals surface area contributed by atoms with Crippen molar-refractivity contribution in [1.29, 1.82) is 0 Å². The highest BCUT2D eigenvalue weighted by Gasteiger charge is 2.22. The molecule has 1 fully saturated rings. The van der Waals surface area contributed by atoms with E-state index in [0.717, 1.165) is 44.3 Å². The molecule has 3 heteroatoms. The van der Waals surface area contributed by atoms with Crippen LogP contribution >= 0.6 is 11.6 Å². The summed E-state index contributed by atoms with van der Waals surface area (Å²) in [7, 11) is 0. The Labute approximate surface area is 172 Å². The molecule has 1 aliphatic rings. The van der Waals surface area contributed by atoms with Crippen LogP contribution in [0.1, 0.15) is 61.6 Å². The summed E-state index contributed by atoms with van der Waals surface area (Å²) in [6, 6.07) is 12.9. The summed E-state index contributed by atoms with van der Waals surface area (Å²) in [6.07, 6.45) is 10.2. The molecule has 146 valence electrons. The summed E-state index contributed by atoms with van der Waals surface area (Å²) in [5.74, 6) is 6.12. The minimum absolute atomic E-state index is 0.362. The van der Waals surface area contributed by atoms with Crippen LogP contribution in [-0.4, -0.2) is 12.7 Å². The van der Waals surface area contributed by atoms with Gasteiger partial charge in [0.15, 0.2) is 0 Å². The predicted octanol–water partition coefficient (Wildman–Crippen LogP) is 6.89. The fourth-order valence-electron chi connectivity index (χ4n) is 3.60. The van der Waals surface area contributed by atoms with Gasteiger partial charge in [-0.1, -0.05) is 47.7 Å². The molecule has 0 amide bonds. The van der Waals surface area contributed by atoms with Gasteiger partial charge in [-0.2, -0.15) is 0 Å². The van der Waals surface area contributed by atoms with E-state index in [1.54, 1.807) is 12.1 Å². The summed E-state index contributed by atoms with van der Waals surface area (Å²) in [5, 5.41) is 0.380. The van der Waals surface area contributed by atoms with Crippen LogP contribution in [0, 0.1) is 17.7 Å². The quantitative estimate of drug-likeness (QED) is 0.304. The van der Waals surface area contributed by atoms with Crippen LogP contribution < -0.4 is 0 Å². The first-order chi connectivity index (χ1) is 13.7. The van der Waals surface area contributed by atoms with Crippen molar-refractivity contribution in [3.05, 3.63) is 82.1 Å². The van der Waals surface area contributed by atoms with Gasteiger partial charge in [-0.15, -0.1) is 0 Å². The molecular weight excluding hydrogens is 371 g/mol. The normalized spacial score (nSPS) is 19.4. The maximum absolute atomic E-state index is 13.8. The lowest BCUT2D eigenvalue weighted by Crippen LogP contribution is -2.21. The average Bonchev–Trinajstić information content (AvgIpc) is 2.72. The Balaban J connectivity index is 1.53. The van der Waals surface area contributed by atoms with Gasteiger partial charge >= 0.3 is 0 Å². The molecule has 1 aliphatic carbocycles. The van der Waals surface area contributed by atoms with E-state index < -0.39 is 0 Å². The van der Waals surface area contributed by atoms with Crippen molar-refractivity contribution < 1.29 is 9.13 Å². The Morgan fingerprint density at radius 3 is 2.50 bits per heavy atom. The maximum atomic E-state index is 13.8. The molecule has 1 saturated carbocycles. The van der Waals surface area contributed by atoms with Gasteiger partial charge in [0.1, 0.15) is 5.82 Å². The smallest absolute Gasteiger partial charge is 0.140 e. The second-order valence-corrected chi connectivity index (χ2v) is 7.63. The van der Waals surface area contributed by atoms with Gasteiger partial charge < -0.3 is 4.74 Å². The lowest BCUT2D eigenvalue weighted by molar-refractivity contribution is 0.0274. The molecule has 0 bridgehead atoms. The Hall–Kier alpha value is -2.08.